The predicted molar refractivity (Wildman–Crippen MR) is 43.0 cm³/mol. The summed E-state index contributed by atoms with van der Waals surface area (Å²) >= 11 is 5.49. The van der Waals surface area contributed by atoms with E-state index in [4.69, 9.17) is 26.9 Å². The molecule has 10 heavy (non-hydrogen) atoms. The summed E-state index contributed by atoms with van der Waals surface area (Å²) in [5, 5.41) is -0.363. The Morgan fingerprint density at radius 2 is 2.90 bits per heavy atom. The first-order valence-electron chi connectivity index (χ1n) is 5.92. The fourth-order valence-electron chi connectivity index (χ4n) is 0.462. The van der Waals surface area contributed by atoms with Crippen LogP contribution in [0.25, 0.3) is 0 Å². The topological polar surface area (TPSA) is 38.9 Å². The van der Waals surface area contributed by atoms with E-state index in [9.17, 15) is 0 Å². The van der Waals surface area contributed by atoms with E-state index in [0.29, 0.717) is 0 Å². The molecule has 0 spiro atoms. The standard InChI is InChI=1S/C7H9ClN2/c1-2-5-4-10-7(8)3-6(5)9/h3-4H,2H2,1H3,(H2,9,10)/i1D3,2D2,3D,4D. The van der Waals surface area contributed by atoms with Gasteiger partial charge in [-0.25, -0.2) is 4.98 Å². The number of pyridine rings is 1. The first-order valence-corrected chi connectivity index (χ1v) is 2.80. The van der Waals surface area contributed by atoms with E-state index >= 15 is 0 Å². The van der Waals surface area contributed by atoms with E-state index in [1.807, 2.05) is 0 Å². The zero-order valence-electron chi connectivity index (χ0n) is 11.9. The molecule has 54 valence electrons. The Bertz CT molecular complexity index is 457. The average molecular weight is 164 g/mol. The molecule has 0 saturated carbocycles. The third-order valence-electron chi connectivity index (χ3n) is 0.898. The van der Waals surface area contributed by atoms with E-state index in [1.54, 1.807) is 0 Å². The van der Waals surface area contributed by atoms with Gasteiger partial charge in [0.2, 0.25) is 0 Å². The van der Waals surface area contributed by atoms with Crippen molar-refractivity contribution >= 4 is 17.3 Å². The minimum atomic E-state index is -3.02. The number of anilines is 1. The van der Waals surface area contributed by atoms with Crippen molar-refractivity contribution in [2.45, 2.75) is 13.2 Å². The van der Waals surface area contributed by atoms with Crippen molar-refractivity contribution < 1.29 is 9.60 Å². The normalized spacial score (nSPS) is 22.7. The summed E-state index contributed by atoms with van der Waals surface area (Å²) in [6.45, 7) is -3.02. The molecule has 0 unspecified atom stereocenters. The molecule has 0 radical (unpaired) electrons. The third kappa shape index (κ3) is 1.39. The second kappa shape index (κ2) is 2.88. The summed E-state index contributed by atoms with van der Waals surface area (Å²) in [6, 6.07) is -0.481. The second-order valence-electron chi connectivity index (χ2n) is 1.55. The minimum Gasteiger partial charge on any atom is -0.398 e. The van der Waals surface area contributed by atoms with Gasteiger partial charge in [0.05, 0.1) is 2.74 Å². The number of nitrogens with zero attached hydrogens (tertiary/aromatic N) is 1. The van der Waals surface area contributed by atoms with Crippen LogP contribution in [0.1, 0.15) is 22.0 Å². The maximum atomic E-state index is 7.51. The van der Waals surface area contributed by atoms with Crippen LogP contribution >= 0.6 is 11.6 Å². The Morgan fingerprint density at radius 3 is 3.60 bits per heavy atom. The first-order chi connectivity index (χ1) is 7.50. The highest BCUT2D eigenvalue weighted by atomic mass is 35.5. The van der Waals surface area contributed by atoms with Gasteiger partial charge >= 0.3 is 0 Å². The van der Waals surface area contributed by atoms with Crippen molar-refractivity contribution in [3.63, 3.8) is 0 Å². The van der Waals surface area contributed by atoms with Crippen LogP contribution in [0.4, 0.5) is 5.69 Å². The molecule has 0 atom stereocenters. The molecule has 1 rings (SSSR count). The zero-order chi connectivity index (χ0) is 13.6. The Kier molecular flexibility index (Phi) is 0.686. The van der Waals surface area contributed by atoms with Gasteiger partial charge in [-0.3, -0.25) is 0 Å². The Morgan fingerprint density at radius 1 is 2.10 bits per heavy atom. The molecule has 1 heterocycles. The molecule has 2 nitrogen and oxygen atoms in total. The second-order valence-corrected chi connectivity index (χ2v) is 1.91. The fraction of sp³-hybridized carbons (Fsp3) is 0.286. The summed E-state index contributed by atoms with van der Waals surface area (Å²) < 4.78 is 51.1. The van der Waals surface area contributed by atoms with Crippen LogP contribution in [-0.2, 0) is 6.37 Å². The maximum absolute atomic E-state index is 7.51. The number of nitrogen functional groups attached to an aromatic ring is 1. The molecule has 1 aromatic heterocycles. The molecule has 0 aliphatic rings. The fourth-order valence-corrected chi connectivity index (χ4v) is 0.606. The van der Waals surface area contributed by atoms with Gasteiger partial charge < -0.3 is 5.73 Å². The number of hydrogen-bond donors (Lipinski definition) is 1. The molecule has 1 aromatic rings. The Balaban J connectivity index is 3.58. The molecular weight excluding hydrogens is 148 g/mol. The summed E-state index contributed by atoms with van der Waals surface area (Å²) in [6.07, 6.45) is -3.54. The van der Waals surface area contributed by atoms with Crippen molar-refractivity contribution in [1.29, 1.82) is 0 Å². The predicted octanol–water partition coefficient (Wildman–Crippen LogP) is 1.88. The Labute approximate surface area is 74.9 Å². The molecule has 0 fully saturated rings. The largest absolute Gasteiger partial charge is 0.398 e. The van der Waals surface area contributed by atoms with E-state index in [1.165, 1.54) is 0 Å². The summed E-state index contributed by atoms with van der Waals surface area (Å²) in [5.41, 5.74) is 4.34. The van der Waals surface area contributed by atoms with Crippen LogP contribution in [0.2, 0.25) is 5.15 Å². The summed E-state index contributed by atoms with van der Waals surface area (Å²) in [7, 11) is 0. The van der Waals surface area contributed by atoms with Crippen LogP contribution in [0.3, 0.4) is 0 Å². The van der Waals surface area contributed by atoms with Gasteiger partial charge in [0.15, 0.2) is 0 Å². The van der Waals surface area contributed by atoms with Gasteiger partial charge in [-0.05, 0) is 18.0 Å². The van der Waals surface area contributed by atoms with Gasteiger partial charge in [0.25, 0.3) is 0 Å². The van der Waals surface area contributed by atoms with Crippen molar-refractivity contribution in [3.05, 3.63) is 22.9 Å². The number of aromatic nitrogens is 1. The van der Waals surface area contributed by atoms with Gasteiger partial charge in [0, 0.05) is 18.7 Å². The number of rotatable bonds is 1. The number of hydrogen-bond acceptors (Lipinski definition) is 2. The van der Waals surface area contributed by atoms with Gasteiger partial charge in [-0.15, -0.1) is 0 Å². The van der Waals surface area contributed by atoms with E-state index in [-0.39, 0.29) is 5.15 Å². The van der Waals surface area contributed by atoms with E-state index in [2.05, 4.69) is 4.98 Å². The maximum Gasteiger partial charge on any atom is 0.131 e. The van der Waals surface area contributed by atoms with Crippen LogP contribution in [0.5, 0.6) is 0 Å². The highest BCUT2D eigenvalue weighted by molar-refractivity contribution is 6.29. The molecule has 0 saturated heterocycles. The van der Waals surface area contributed by atoms with Crippen molar-refractivity contribution in [3.8, 4) is 0 Å². The molecule has 0 aliphatic carbocycles. The van der Waals surface area contributed by atoms with E-state index < -0.39 is 36.7 Å². The summed E-state index contributed by atoms with van der Waals surface area (Å²) in [5.74, 6) is 0. The van der Waals surface area contributed by atoms with Gasteiger partial charge in [-0.1, -0.05) is 18.5 Å². The lowest BCUT2D eigenvalue weighted by Crippen LogP contribution is -1.93. The monoisotopic (exact) mass is 163 g/mol. The number of nitrogens with two attached hydrogens (primary N) is 1. The molecule has 0 bridgehead atoms. The molecule has 3 heteroatoms. The quantitative estimate of drug-likeness (QED) is 0.643. The van der Waals surface area contributed by atoms with Crippen molar-refractivity contribution in [2.24, 2.45) is 0 Å². The molecule has 0 aromatic carbocycles. The van der Waals surface area contributed by atoms with Crippen molar-refractivity contribution in [2.75, 3.05) is 5.73 Å². The summed E-state index contributed by atoms with van der Waals surface area (Å²) in [4.78, 5) is 3.39. The van der Waals surface area contributed by atoms with Crippen LogP contribution in [0, 0.1) is 0 Å². The van der Waals surface area contributed by atoms with Crippen molar-refractivity contribution in [1.82, 2.24) is 4.98 Å². The SMILES string of the molecule is [2H]c1nc(Cl)c([2H])c(N)c1C([2H])([2H])C([2H])([2H])[2H]. The average Bonchev–Trinajstić information content (AvgIpc) is 2.12. The number of halogens is 1. The van der Waals surface area contributed by atoms with Gasteiger partial charge in [-0.2, -0.15) is 0 Å². The van der Waals surface area contributed by atoms with Crippen LogP contribution in [0.15, 0.2) is 12.2 Å². The van der Waals surface area contributed by atoms with E-state index in [0.717, 1.165) is 0 Å². The lowest BCUT2D eigenvalue weighted by molar-refractivity contribution is 1.11. The molecule has 2 N–H and O–H groups in total. The molecule has 0 aliphatic heterocycles. The minimum absolute atomic E-state index is 0.363. The first kappa shape index (κ1) is 2.38. The van der Waals surface area contributed by atoms with Crippen LogP contribution in [-0.4, -0.2) is 4.98 Å². The highest BCUT2D eigenvalue weighted by Crippen LogP contribution is 2.14. The third-order valence-corrected chi connectivity index (χ3v) is 1.08. The molecule has 0 amide bonds. The highest BCUT2D eigenvalue weighted by Gasteiger charge is 1.96. The van der Waals surface area contributed by atoms with Gasteiger partial charge in [0.1, 0.15) is 5.15 Å². The zero-order valence-corrected chi connectivity index (χ0v) is 5.66. The van der Waals surface area contributed by atoms with Crippen LogP contribution < -0.4 is 5.73 Å². The lowest BCUT2D eigenvalue weighted by atomic mass is 10.2. The lowest BCUT2D eigenvalue weighted by Gasteiger charge is -2.00. The Hall–Kier alpha value is -0.760. The molecular formula is C7H9ClN2. The smallest absolute Gasteiger partial charge is 0.131 e.